The van der Waals surface area contributed by atoms with Crippen molar-refractivity contribution in [2.75, 3.05) is 64.9 Å². The third kappa shape index (κ3) is 6.47. The molecule has 1 fully saturated rings. The van der Waals surface area contributed by atoms with Crippen molar-refractivity contribution in [3.8, 4) is 5.75 Å². The van der Waals surface area contributed by atoms with Crippen LogP contribution in [0.1, 0.15) is 5.56 Å². The van der Waals surface area contributed by atoms with E-state index in [1.165, 1.54) is 0 Å². The number of halogens is 1. The largest absolute Gasteiger partial charge is 0.497 e. The lowest BCUT2D eigenvalue weighted by molar-refractivity contribution is 0.260. The molecular weight excluding hydrogens is 402 g/mol. The van der Waals surface area contributed by atoms with Gasteiger partial charge in [-0.05, 0) is 30.2 Å². The number of aliphatic imine (C=N–C) groups is 1. The number of guanidine groups is 1. The molecule has 0 saturated carbocycles. The number of rotatable bonds is 8. The van der Waals surface area contributed by atoms with Crippen LogP contribution in [0.25, 0.3) is 0 Å². The first-order valence-electron chi connectivity index (χ1n) is 10.2. The Bertz CT molecular complexity index is 810. The van der Waals surface area contributed by atoms with Gasteiger partial charge in [0.1, 0.15) is 5.75 Å². The molecular formula is C21H30ClN7O. The number of benzene rings is 1. The van der Waals surface area contributed by atoms with Crippen molar-refractivity contribution in [3.63, 3.8) is 0 Å². The molecule has 1 aromatic carbocycles. The maximum absolute atomic E-state index is 6.31. The van der Waals surface area contributed by atoms with Gasteiger partial charge in [0.15, 0.2) is 5.96 Å². The Balaban J connectivity index is 1.33. The van der Waals surface area contributed by atoms with Gasteiger partial charge < -0.3 is 20.3 Å². The summed E-state index contributed by atoms with van der Waals surface area (Å²) in [5.74, 6) is 2.39. The molecule has 0 radical (unpaired) electrons. The molecule has 0 amide bonds. The summed E-state index contributed by atoms with van der Waals surface area (Å²) in [5.41, 5.74) is 1.08. The Kier molecular flexibility index (Phi) is 8.53. The van der Waals surface area contributed by atoms with E-state index in [-0.39, 0.29) is 0 Å². The molecule has 2 N–H and O–H groups in total. The second-order valence-electron chi connectivity index (χ2n) is 7.01. The molecule has 162 valence electrons. The molecule has 0 bridgehead atoms. The van der Waals surface area contributed by atoms with Gasteiger partial charge in [0.05, 0.1) is 7.11 Å². The quantitative estimate of drug-likeness (QED) is 0.486. The van der Waals surface area contributed by atoms with Crippen molar-refractivity contribution in [1.82, 2.24) is 25.5 Å². The highest BCUT2D eigenvalue weighted by Gasteiger charge is 2.18. The molecule has 0 aliphatic carbocycles. The molecule has 2 heterocycles. The van der Waals surface area contributed by atoms with Crippen molar-refractivity contribution in [2.24, 2.45) is 4.99 Å². The van der Waals surface area contributed by atoms with Crippen LogP contribution >= 0.6 is 11.6 Å². The maximum Gasteiger partial charge on any atom is 0.225 e. The van der Waals surface area contributed by atoms with Crippen molar-refractivity contribution < 1.29 is 4.74 Å². The third-order valence-corrected chi connectivity index (χ3v) is 5.45. The summed E-state index contributed by atoms with van der Waals surface area (Å²) in [6.45, 7) is 6.45. The van der Waals surface area contributed by atoms with Crippen molar-refractivity contribution in [2.45, 2.75) is 6.42 Å². The fraction of sp³-hybridized carbons (Fsp3) is 0.476. The van der Waals surface area contributed by atoms with E-state index in [0.29, 0.717) is 0 Å². The Labute approximate surface area is 183 Å². The SMILES string of the molecule is CN=C(NCCc1ccc(OC)cc1Cl)NCCN1CCN(c2ncccn2)CC1. The highest BCUT2D eigenvalue weighted by Crippen LogP contribution is 2.22. The number of methoxy groups -OCH3 is 1. The van der Waals surface area contributed by atoms with E-state index in [1.807, 2.05) is 24.3 Å². The minimum absolute atomic E-state index is 0.721. The van der Waals surface area contributed by atoms with Crippen LogP contribution in [0.3, 0.4) is 0 Å². The predicted octanol–water partition coefficient (Wildman–Crippen LogP) is 1.67. The van der Waals surface area contributed by atoms with Gasteiger partial charge in [-0.15, -0.1) is 0 Å². The van der Waals surface area contributed by atoms with Crippen LogP contribution in [0.2, 0.25) is 5.02 Å². The lowest BCUT2D eigenvalue weighted by atomic mass is 10.1. The summed E-state index contributed by atoms with van der Waals surface area (Å²) >= 11 is 6.31. The minimum atomic E-state index is 0.721. The van der Waals surface area contributed by atoms with Crippen LogP contribution in [-0.4, -0.2) is 80.8 Å². The van der Waals surface area contributed by atoms with Gasteiger partial charge in [-0.1, -0.05) is 17.7 Å². The van der Waals surface area contributed by atoms with Gasteiger partial charge >= 0.3 is 0 Å². The zero-order valence-electron chi connectivity index (χ0n) is 17.6. The number of ether oxygens (including phenoxy) is 1. The van der Waals surface area contributed by atoms with E-state index >= 15 is 0 Å². The number of nitrogens with zero attached hydrogens (tertiary/aromatic N) is 5. The third-order valence-electron chi connectivity index (χ3n) is 5.10. The highest BCUT2D eigenvalue weighted by molar-refractivity contribution is 6.31. The first kappa shape index (κ1) is 22.1. The second-order valence-corrected chi connectivity index (χ2v) is 7.42. The van der Waals surface area contributed by atoms with E-state index in [9.17, 15) is 0 Å². The molecule has 1 aliphatic heterocycles. The molecule has 3 rings (SSSR count). The summed E-state index contributed by atoms with van der Waals surface area (Å²) in [4.78, 5) is 17.6. The number of hydrogen-bond acceptors (Lipinski definition) is 6. The first-order chi connectivity index (χ1) is 14.7. The molecule has 0 spiro atoms. The number of aromatic nitrogens is 2. The van der Waals surface area contributed by atoms with Crippen molar-refractivity contribution in [3.05, 3.63) is 47.2 Å². The van der Waals surface area contributed by atoms with Crippen LogP contribution in [-0.2, 0) is 6.42 Å². The summed E-state index contributed by atoms with van der Waals surface area (Å²) in [5, 5.41) is 7.45. The lowest BCUT2D eigenvalue weighted by Crippen LogP contribution is -2.49. The fourth-order valence-corrected chi connectivity index (χ4v) is 3.62. The molecule has 9 heteroatoms. The van der Waals surface area contributed by atoms with Gasteiger partial charge in [-0.25, -0.2) is 9.97 Å². The number of hydrogen-bond donors (Lipinski definition) is 2. The number of piperazine rings is 1. The monoisotopic (exact) mass is 431 g/mol. The van der Waals surface area contributed by atoms with Crippen LogP contribution < -0.4 is 20.3 Å². The molecule has 2 aromatic rings. The van der Waals surface area contributed by atoms with Gasteiger partial charge in [0.25, 0.3) is 0 Å². The van der Waals surface area contributed by atoms with E-state index in [4.69, 9.17) is 16.3 Å². The van der Waals surface area contributed by atoms with Crippen molar-refractivity contribution >= 4 is 23.5 Å². The zero-order chi connectivity index (χ0) is 21.2. The average Bonchev–Trinajstić information content (AvgIpc) is 2.80. The summed E-state index contributed by atoms with van der Waals surface area (Å²) in [6, 6.07) is 7.61. The van der Waals surface area contributed by atoms with Gasteiger partial charge in [0, 0.05) is 70.3 Å². The van der Waals surface area contributed by atoms with Crippen LogP contribution in [0, 0.1) is 0 Å². The van der Waals surface area contributed by atoms with Crippen LogP contribution in [0.15, 0.2) is 41.7 Å². The molecule has 30 heavy (non-hydrogen) atoms. The molecule has 1 aromatic heterocycles. The van der Waals surface area contributed by atoms with Crippen LogP contribution in [0.4, 0.5) is 5.95 Å². The maximum atomic E-state index is 6.31. The fourth-order valence-electron chi connectivity index (χ4n) is 3.35. The second kappa shape index (κ2) is 11.6. The predicted molar refractivity (Wildman–Crippen MR) is 122 cm³/mol. The van der Waals surface area contributed by atoms with Gasteiger partial charge in [-0.2, -0.15) is 0 Å². The summed E-state index contributed by atoms with van der Waals surface area (Å²) < 4.78 is 5.19. The van der Waals surface area contributed by atoms with Gasteiger partial charge in [-0.3, -0.25) is 9.89 Å². The summed E-state index contributed by atoms with van der Waals surface area (Å²) in [6.07, 6.45) is 4.40. The van der Waals surface area contributed by atoms with Crippen LogP contribution in [0.5, 0.6) is 5.75 Å². The molecule has 1 aliphatic rings. The van der Waals surface area contributed by atoms with E-state index in [0.717, 1.165) is 80.5 Å². The minimum Gasteiger partial charge on any atom is -0.497 e. The zero-order valence-corrected chi connectivity index (χ0v) is 18.4. The van der Waals surface area contributed by atoms with Gasteiger partial charge in [0.2, 0.25) is 5.95 Å². The number of nitrogens with one attached hydrogen (secondary N) is 2. The topological polar surface area (TPSA) is 77.9 Å². The average molecular weight is 432 g/mol. The Morgan fingerprint density at radius 3 is 2.53 bits per heavy atom. The van der Waals surface area contributed by atoms with E-state index < -0.39 is 0 Å². The molecule has 8 nitrogen and oxygen atoms in total. The summed E-state index contributed by atoms with van der Waals surface area (Å²) in [7, 11) is 3.43. The molecule has 1 saturated heterocycles. The lowest BCUT2D eigenvalue weighted by Gasteiger charge is -2.34. The standard InChI is InChI=1S/C21H30ClN7O/c1-23-20(24-9-6-17-4-5-18(30-2)16-19(17)22)25-10-11-28-12-14-29(15-13-28)21-26-7-3-8-27-21/h3-5,7-8,16H,6,9-15H2,1-2H3,(H2,23,24,25). The highest BCUT2D eigenvalue weighted by atomic mass is 35.5. The first-order valence-corrected chi connectivity index (χ1v) is 10.6. The van der Waals surface area contributed by atoms with E-state index in [2.05, 4.69) is 35.4 Å². The molecule has 0 atom stereocenters. The van der Waals surface area contributed by atoms with E-state index in [1.54, 1.807) is 26.6 Å². The van der Waals surface area contributed by atoms with Crippen molar-refractivity contribution in [1.29, 1.82) is 0 Å². The Morgan fingerprint density at radius 2 is 1.87 bits per heavy atom. The number of anilines is 1. The Morgan fingerprint density at radius 1 is 1.13 bits per heavy atom. The molecule has 0 unspecified atom stereocenters. The smallest absolute Gasteiger partial charge is 0.225 e. The normalized spacial score (nSPS) is 15.2. The Hall–Kier alpha value is -2.58.